The van der Waals surface area contributed by atoms with Gasteiger partial charge in [0, 0.05) is 30.1 Å². The maximum Gasteiger partial charge on any atom is 0.460 e. The summed E-state index contributed by atoms with van der Waals surface area (Å²) in [6.45, 7) is -0.191. The van der Waals surface area contributed by atoms with Gasteiger partial charge < -0.3 is 5.11 Å². The van der Waals surface area contributed by atoms with E-state index in [1.165, 1.54) is 23.1 Å². The van der Waals surface area contributed by atoms with E-state index in [1.807, 2.05) is 0 Å². The zero-order valence-electron chi connectivity index (χ0n) is 22.9. The molecule has 5 rings (SSSR count). The summed E-state index contributed by atoms with van der Waals surface area (Å²) in [4.78, 5) is 5.62. The Morgan fingerprint density at radius 1 is 0.723 bits per heavy atom. The standard InChI is InChI=1S/C27H19F17N2O/c28-20(29,21(30,31)22(32,33)23(34,35)24(36,37)25(38,39)26(40,41)27(42,43)44)8-5-14-12-46-10-7-13(14)11-18(46)19(47)16-6-9-45-17-4-2-1-3-15(16)17/h1-4,6,9,13-14,18-19,47H,7,10-12H2/t13-,14-,18-,19-/m0/s1. The minimum absolute atomic E-state index is 0.0535. The van der Waals surface area contributed by atoms with Gasteiger partial charge >= 0.3 is 47.6 Å². The van der Waals surface area contributed by atoms with Crippen molar-refractivity contribution in [3.05, 3.63) is 42.1 Å². The molecular weight excluding hydrogens is 691 g/mol. The van der Waals surface area contributed by atoms with Crippen LogP contribution in [0.1, 0.15) is 24.5 Å². The summed E-state index contributed by atoms with van der Waals surface area (Å²) in [5, 5.41) is 11.6. The number of rotatable bonds is 8. The lowest BCUT2D eigenvalue weighted by Gasteiger charge is -2.50. The highest BCUT2D eigenvalue weighted by Gasteiger charge is 2.95. The molecule has 1 aromatic heterocycles. The quantitative estimate of drug-likeness (QED) is 0.223. The van der Waals surface area contributed by atoms with E-state index in [0.717, 1.165) is 0 Å². The van der Waals surface area contributed by atoms with E-state index < -0.39 is 71.6 Å². The molecule has 1 unspecified atom stereocenters. The fourth-order valence-corrected chi connectivity index (χ4v) is 5.57. The molecule has 0 amide bonds. The summed E-state index contributed by atoms with van der Waals surface area (Å²) in [5.74, 6) is -57.5. The van der Waals surface area contributed by atoms with Gasteiger partial charge in [-0.2, -0.15) is 74.6 Å². The number of aromatic nitrogens is 1. The SMILES string of the molecule is O[C@@H](c1ccnc2ccccc12)[C@@H]1C[C@@H]2CCN1C[C@@H]2C#CC(F)(F)C(F)(F)C(F)(F)C(F)(F)C(F)(F)C(F)(F)C(F)(F)C(F)(F)F. The van der Waals surface area contributed by atoms with E-state index in [4.69, 9.17) is 0 Å². The fraction of sp³-hybridized carbons (Fsp3) is 0.593. The number of para-hydroxylation sites is 1. The first-order valence-corrected chi connectivity index (χ1v) is 13.2. The van der Waals surface area contributed by atoms with Crippen LogP contribution in [0.5, 0.6) is 0 Å². The van der Waals surface area contributed by atoms with Crippen LogP contribution in [0, 0.1) is 23.7 Å². The van der Waals surface area contributed by atoms with E-state index in [2.05, 4.69) is 4.98 Å². The average molecular weight is 710 g/mol. The van der Waals surface area contributed by atoms with Gasteiger partial charge in [0.1, 0.15) is 0 Å². The van der Waals surface area contributed by atoms with Crippen molar-refractivity contribution < 1.29 is 79.7 Å². The highest BCUT2D eigenvalue weighted by atomic mass is 19.4. The van der Waals surface area contributed by atoms with Crippen LogP contribution in [-0.4, -0.2) is 81.8 Å². The Bertz CT molecular complexity index is 1540. The van der Waals surface area contributed by atoms with Crippen molar-refractivity contribution in [2.45, 2.75) is 72.6 Å². The van der Waals surface area contributed by atoms with E-state index in [1.54, 1.807) is 24.3 Å². The van der Waals surface area contributed by atoms with Gasteiger partial charge in [-0.25, -0.2) is 0 Å². The maximum atomic E-state index is 14.4. The van der Waals surface area contributed by atoms with Crippen molar-refractivity contribution in [1.29, 1.82) is 0 Å². The molecule has 3 saturated heterocycles. The van der Waals surface area contributed by atoms with Gasteiger partial charge in [0.25, 0.3) is 0 Å². The zero-order chi connectivity index (χ0) is 35.8. The molecule has 2 bridgehead atoms. The Morgan fingerprint density at radius 3 is 1.79 bits per heavy atom. The molecule has 0 aliphatic carbocycles. The van der Waals surface area contributed by atoms with Gasteiger partial charge in [0.05, 0.1) is 11.6 Å². The van der Waals surface area contributed by atoms with Crippen molar-refractivity contribution in [2.24, 2.45) is 11.8 Å². The van der Waals surface area contributed by atoms with Crippen molar-refractivity contribution in [1.82, 2.24) is 9.88 Å². The second kappa shape index (κ2) is 11.2. The van der Waals surface area contributed by atoms with Crippen LogP contribution in [0.15, 0.2) is 36.5 Å². The first-order valence-electron chi connectivity index (χ1n) is 13.2. The number of piperidine rings is 3. The molecule has 0 radical (unpaired) electrons. The number of hydrogen-bond acceptors (Lipinski definition) is 3. The van der Waals surface area contributed by atoms with Crippen LogP contribution in [0.25, 0.3) is 10.9 Å². The van der Waals surface area contributed by atoms with E-state index in [0.29, 0.717) is 16.5 Å². The predicted molar refractivity (Wildman–Crippen MR) is 127 cm³/mol. The summed E-state index contributed by atoms with van der Waals surface area (Å²) in [5.41, 5.74) is 0.908. The van der Waals surface area contributed by atoms with E-state index in [9.17, 15) is 79.7 Å². The third-order valence-corrected chi connectivity index (χ3v) is 8.30. The first-order chi connectivity index (χ1) is 21.2. The number of benzene rings is 1. The normalized spacial score (nSPS) is 24.2. The second-order valence-corrected chi connectivity index (χ2v) is 11.1. The van der Waals surface area contributed by atoms with Crippen LogP contribution >= 0.6 is 0 Å². The summed E-state index contributed by atoms with van der Waals surface area (Å²) in [6.07, 6.45) is -7.57. The Kier molecular flexibility index (Phi) is 8.79. The summed E-state index contributed by atoms with van der Waals surface area (Å²) < 4.78 is 230. The van der Waals surface area contributed by atoms with Gasteiger partial charge in [0.2, 0.25) is 0 Å². The minimum Gasteiger partial charge on any atom is -0.387 e. The molecule has 1 aromatic carbocycles. The van der Waals surface area contributed by atoms with Gasteiger partial charge in [-0.1, -0.05) is 24.1 Å². The van der Waals surface area contributed by atoms with Gasteiger partial charge in [-0.15, -0.1) is 0 Å². The topological polar surface area (TPSA) is 36.4 Å². The first kappa shape index (κ1) is 36.8. The minimum atomic E-state index is -8.68. The molecule has 20 heteroatoms. The third-order valence-electron chi connectivity index (χ3n) is 8.30. The van der Waals surface area contributed by atoms with Crippen molar-refractivity contribution in [2.75, 3.05) is 13.1 Å². The molecule has 0 spiro atoms. The number of nitrogens with zero attached hydrogens (tertiary/aromatic N) is 2. The monoisotopic (exact) mass is 710 g/mol. The van der Waals surface area contributed by atoms with Crippen molar-refractivity contribution >= 4 is 10.9 Å². The Hall–Kier alpha value is -3.08. The maximum absolute atomic E-state index is 14.4. The Balaban J connectivity index is 1.58. The van der Waals surface area contributed by atoms with Crippen LogP contribution in [0.2, 0.25) is 0 Å². The molecule has 3 aliphatic heterocycles. The summed E-state index contributed by atoms with van der Waals surface area (Å²) >= 11 is 0. The number of pyridine rings is 1. The molecule has 5 atom stereocenters. The van der Waals surface area contributed by atoms with Crippen LogP contribution < -0.4 is 0 Å². The third kappa shape index (κ3) is 5.35. The lowest BCUT2D eigenvalue weighted by molar-refractivity contribution is -0.459. The van der Waals surface area contributed by atoms with E-state index in [-0.39, 0.29) is 31.9 Å². The van der Waals surface area contributed by atoms with Gasteiger partial charge in [-0.3, -0.25) is 9.88 Å². The van der Waals surface area contributed by atoms with Crippen molar-refractivity contribution in [3.8, 4) is 11.8 Å². The summed E-state index contributed by atoms with van der Waals surface area (Å²) in [7, 11) is 0. The highest BCUT2D eigenvalue weighted by Crippen LogP contribution is 2.64. The van der Waals surface area contributed by atoms with Crippen molar-refractivity contribution in [3.63, 3.8) is 0 Å². The molecular formula is C27H19F17N2O. The number of halogens is 17. The molecule has 3 fully saturated rings. The second-order valence-electron chi connectivity index (χ2n) is 11.1. The molecule has 3 nitrogen and oxygen atoms in total. The van der Waals surface area contributed by atoms with Crippen LogP contribution in [0.3, 0.4) is 0 Å². The van der Waals surface area contributed by atoms with Crippen LogP contribution in [0.4, 0.5) is 74.6 Å². The molecule has 4 heterocycles. The van der Waals surface area contributed by atoms with Gasteiger partial charge in [0.15, 0.2) is 0 Å². The number of alkyl halides is 17. The largest absolute Gasteiger partial charge is 0.460 e. The molecule has 0 saturated carbocycles. The highest BCUT2D eigenvalue weighted by molar-refractivity contribution is 5.82. The lowest BCUT2D eigenvalue weighted by Crippen LogP contribution is -2.74. The predicted octanol–water partition coefficient (Wildman–Crippen LogP) is 7.99. The molecule has 3 aliphatic rings. The average Bonchev–Trinajstić information content (AvgIpc) is 2.98. The Morgan fingerprint density at radius 2 is 1.26 bits per heavy atom. The molecule has 262 valence electrons. The van der Waals surface area contributed by atoms with Crippen LogP contribution in [-0.2, 0) is 0 Å². The zero-order valence-corrected chi connectivity index (χ0v) is 22.9. The number of aliphatic hydroxyl groups excluding tert-OH is 1. The smallest absolute Gasteiger partial charge is 0.387 e. The summed E-state index contributed by atoms with van der Waals surface area (Å²) in [6, 6.07) is 7.39. The molecule has 2 aromatic rings. The number of aliphatic hydroxyl groups is 1. The Labute approximate surface area is 252 Å². The molecule has 1 N–H and O–H groups in total. The number of hydrogen-bond donors (Lipinski definition) is 1. The lowest BCUT2D eigenvalue weighted by atomic mass is 9.73. The van der Waals surface area contributed by atoms with Gasteiger partial charge in [-0.05, 0) is 48.9 Å². The fourth-order valence-electron chi connectivity index (χ4n) is 5.57. The number of fused-ring (bicyclic) bond motifs is 4. The van der Waals surface area contributed by atoms with E-state index >= 15 is 0 Å². The molecule has 47 heavy (non-hydrogen) atoms.